The SMILES string of the molecule is CC(C#Cc1ccc(C(=O)NC2CCC2)nc1)(C1=C[CH]1)c1ccccc1.[HH].[HH]. The number of hydrogen-bond donors (Lipinski definition) is 1. The van der Waals surface area contributed by atoms with Crippen molar-refractivity contribution >= 4 is 5.91 Å². The molecule has 0 spiro atoms. The molecule has 0 aliphatic heterocycles. The van der Waals surface area contributed by atoms with Gasteiger partial charge >= 0.3 is 0 Å². The van der Waals surface area contributed by atoms with Crippen molar-refractivity contribution in [2.75, 3.05) is 0 Å². The Labute approximate surface area is 157 Å². The molecule has 1 amide bonds. The Morgan fingerprint density at radius 2 is 2.00 bits per heavy atom. The van der Waals surface area contributed by atoms with Crippen molar-refractivity contribution in [3.63, 3.8) is 0 Å². The maximum Gasteiger partial charge on any atom is 0.270 e. The van der Waals surface area contributed by atoms with Crippen molar-refractivity contribution in [2.45, 2.75) is 37.6 Å². The normalized spacial score (nSPS) is 17.8. The Morgan fingerprint density at radius 3 is 2.58 bits per heavy atom. The lowest BCUT2D eigenvalue weighted by molar-refractivity contribution is 0.0912. The lowest BCUT2D eigenvalue weighted by atomic mass is 9.80. The van der Waals surface area contributed by atoms with E-state index in [1.54, 1.807) is 12.3 Å². The molecule has 2 aliphatic rings. The molecule has 2 aliphatic carbocycles. The zero-order chi connectivity index (χ0) is 18.0. The maximum absolute atomic E-state index is 12.1. The molecule has 3 heteroatoms. The summed E-state index contributed by atoms with van der Waals surface area (Å²) in [5.74, 6) is 6.53. The fourth-order valence-electron chi connectivity index (χ4n) is 3.07. The fourth-order valence-corrected chi connectivity index (χ4v) is 3.07. The molecule has 133 valence electrons. The molecule has 1 radical (unpaired) electrons. The van der Waals surface area contributed by atoms with Crippen LogP contribution in [0.15, 0.2) is 60.3 Å². The van der Waals surface area contributed by atoms with E-state index in [0.717, 1.165) is 18.4 Å². The van der Waals surface area contributed by atoms with Gasteiger partial charge in [0.1, 0.15) is 5.69 Å². The summed E-state index contributed by atoms with van der Waals surface area (Å²) in [5.41, 5.74) is 3.36. The van der Waals surface area contributed by atoms with Gasteiger partial charge in [-0.15, -0.1) is 0 Å². The summed E-state index contributed by atoms with van der Waals surface area (Å²) in [6.45, 7) is 2.14. The van der Waals surface area contributed by atoms with Crippen molar-refractivity contribution < 1.29 is 7.65 Å². The zero-order valence-electron chi connectivity index (χ0n) is 14.8. The predicted octanol–water partition coefficient (Wildman–Crippen LogP) is 4.31. The van der Waals surface area contributed by atoms with Crippen LogP contribution < -0.4 is 5.32 Å². The van der Waals surface area contributed by atoms with Crippen LogP contribution in [0.1, 0.15) is 50.7 Å². The number of carbonyl (C=O) groups is 1. The number of hydrogen-bond acceptors (Lipinski definition) is 2. The number of nitrogens with one attached hydrogen (secondary N) is 1. The molecular weight excluding hydrogens is 320 g/mol. The molecule has 1 atom stereocenters. The molecule has 2 aromatic rings. The van der Waals surface area contributed by atoms with Crippen LogP contribution in [0.2, 0.25) is 0 Å². The van der Waals surface area contributed by atoms with Crippen molar-refractivity contribution in [2.24, 2.45) is 0 Å². The highest BCUT2D eigenvalue weighted by molar-refractivity contribution is 5.92. The summed E-state index contributed by atoms with van der Waals surface area (Å²) in [6.07, 6.45) is 9.22. The average molecular weight is 345 g/mol. The number of rotatable bonds is 4. The highest BCUT2D eigenvalue weighted by atomic mass is 16.1. The van der Waals surface area contributed by atoms with E-state index in [-0.39, 0.29) is 14.2 Å². The van der Waals surface area contributed by atoms with Gasteiger partial charge in [0, 0.05) is 27.1 Å². The van der Waals surface area contributed by atoms with Gasteiger partial charge in [0.15, 0.2) is 0 Å². The number of aromatic nitrogens is 1. The van der Waals surface area contributed by atoms with Crippen LogP contribution in [0.25, 0.3) is 0 Å². The Morgan fingerprint density at radius 1 is 1.23 bits per heavy atom. The van der Waals surface area contributed by atoms with Crippen LogP contribution >= 0.6 is 0 Å². The van der Waals surface area contributed by atoms with Gasteiger partial charge in [0.05, 0.1) is 5.41 Å². The van der Waals surface area contributed by atoms with Crippen LogP contribution in [0.3, 0.4) is 0 Å². The summed E-state index contributed by atoms with van der Waals surface area (Å²) in [7, 11) is 0. The molecule has 1 N–H and O–H groups in total. The monoisotopic (exact) mass is 345 g/mol. The molecule has 26 heavy (non-hydrogen) atoms. The number of carbonyl (C=O) groups excluding carboxylic acids is 1. The summed E-state index contributed by atoms with van der Waals surface area (Å²) >= 11 is 0. The summed E-state index contributed by atoms with van der Waals surface area (Å²) in [5, 5.41) is 3.00. The van der Waals surface area contributed by atoms with E-state index in [4.69, 9.17) is 0 Å². The Hall–Kier alpha value is -2.86. The minimum Gasteiger partial charge on any atom is -0.348 e. The molecule has 1 fully saturated rings. The number of pyridine rings is 1. The van der Waals surface area contributed by atoms with Gasteiger partial charge in [0.2, 0.25) is 0 Å². The van der Waals surface area contributed by atoms with Crippen LogP contribution in [-0.2, 0) is 5.41 Å². The first-order chi connectivity index (χ1) is 12.6. The molecule has 4 rings (SSSR count). The van der Waals surface area contributed by atoms with E-state index in [2.05, 4.69) is 53.7 Å². The number of allylic oxidation sites excluding steroid dienone is 2. The lowest BCUT2D eigenvalue weighted by Crippen LogP contribution is -2.39. The first kappa shape index (κ1) is 16.6. The minimum atomic E-state index is -0.318. The van der Waals surface area contributed by atoms with Gasteiger partial charge in [-0.25, -0.2) is 4.98 Å². The van der Waals surface area contributed by atoms with E-state index >= 15 is 0 Å². The van der Waals surface area contributed by atoms with Crippen molar-refractivity contribution in [3.05, 3.63) is 83.6 Å². The lowest BCUT2D eigenvalue weighted by Gasteiger charge is -2.26. The molecule has 3 nitrogen and oxygen atoms in total. The highest BCUT2D eigenvalue weighted by Crippen LogP contribution is 2.40. The topological polar surface area (TPSA) is 42.0 Å². The van der Waals surface area contributed by atoms with Crippen molar-refractivity contribution in [3.8, 4) is 11.8 Å². The van der Waals surface area contributed by atoms with Crippen LogP contribution in [0.4, 0.5) is 0 Å². The second-order valence-corrected chi connectivity index (χ2v) is 7.06. The molecule has 1 saturated carbocycles. The average Bonchev–Trinajstić information content (AvgIpc) is 3.49. The van der Waals surface area contributed by atoms with E-state index in [9.17, 15) is 4.79 Å². The van der Waals surface area contributed by atoms with Gasteiger partial charge in [-0.3, -0.25) is 4.79 Å². The van der Waals surface area contributed by atoms with Crippen molar-refractivity contribution in [1.82, 2.24) is 10.3 Å². The molecule has 1 heterocycles. The van der Waals surface area contributed by atoms with E-state index in [1.165, 1.54) is 17.6 Å². The summed E-state index contributed by atoms with van der Waals surface area (Å²) in [6, 6.07) is 14.2. The first-order valence-electron chi connectivity index (χ1n) is 9.06. The van der Waals surface area contributed by atoms with Crippen LogP contribution in [-0.4, -0.2) is 16.9 Å². The largest absolute Gasteiger partial charge is 0.348 e. The molecule has 0 bridgehead atoms. The Balaban J connectivity index is 0.00000140. The fraction of sp³-hybridized carbons (Fsp3) is 0.261. The quantitative estimate of drug-likeness (QED) is 0.839. The Kier molecular flexibility index (Phi) is 4.34. The van der Waals surface area contributed by atoms with Crippen LogP contribution in [0, 0.1) is 18.3 Å². The molecule has 1 unspecified atom stereocenters. The zero-order valence-corrected chi connectivity index (χ0v) is 14.8. The van der Waals surface area contributed by atoms with Gasteiger partial charge in [0.25, 0.3) is 5.91 Å². The summed E-state index contributed by atoms with van der Waals surface area (Å²) in [4.78, 5) is 16.4. The standard InChI is InChI=1S/C23H21N2O.2H2/c1-23(19-11-12-19,18-6-3-2-4-7-18)15-14-17-10-13-21(24-16-17)22(26)25-20-8-5-9-20;;/h2-4,6-7,10-13,16,20H,5,8-9H2,1H3,(H,25,26);2*1H. The van der Waals surface area contributed by atoms with Gasteiger partial charge in [-0.05, 0) is 49.5 Å². The second-order valence-electron chi connectivity index (χ2n) is 7.06. The van der Waals surface area contributed by atoms with Gasteiger partial charge in [-0.1, -0.05) is 48.2 Å². The molecule has 0 saturated heterocycles. The Bertz CT molecular complexity index is 909. The number of amides is 1. The summed E-state index contributed by atoms with van der Waals surface area (Å²) < 4.78 is 0. The minimum absolute atomic E-state index is 0. The van der Waals surface area contributed by atoms with Crippen molar-refractivity contribution in [1.29, 1.82) is 0 Å². The third kappa shape index (κ3) is 3.41. The van der Waals surface area contributed by atoms with Gasteiger partial charge < -0.3 is 5.32 Å². The maximum atomic E-state index is 12.1. The molecule has 1 aromatic carbocycles. The first-order valence-corrected chi connectivity index (χ1v) is 9.06. The van der Waals surface area contributed by atoms with E-state index < -0.39 is 0 Å². The number of benzene rings is 1. The van der Waals surface area contributed by atoms with Crippen LogP contribution in [0.5, 0.6) is 0 Å². The van der Waals surface area contributed by atoms with Gasteiger partial charge in [-0.2, -0.15) is 0 Å². The third-order valence-corrected chi connectivity index (χ3v) is 5.16. The number of nitrogens with zero attached hydrogens (tertiary/aromatic N) is 1. The van der Waals surface area contributed by atoms with E-state index in [1.807, 2.05) is 24.3 Å². The predicted molar refractivity (Wildman–Crippen MR) is 107 cm³/mol. The highest BCUT2D eigenvalue weighted by Gasteiger charge is 2.33. The second kappa shape index (κ2) is 6.80. The molecular formula is C23H25N2O. The third-order valence-electron chi connectivity index (χ3n) is 5.16. The molecule has 1 aromatic heterocycles. The smallest absolute Gasteiger partial charge is 0.270 e. The van der Waals surface area contributed by atoms with E-state index in [0.29, 0.717) is 11.7 Å².